The summed E-state index contributed by atoms with van der Waals surface area (Å²) in [6.07, 6.45) is 3.19. The maximum atomic E-state index is 12.4. The van der Waals surface area contributed by atoms with Crippen LogP contribution in [-0.4, -0.2) is 36.0 Å². The van der Waals surface area contributed by atoms with E-state index in [-0.39, 0.29) is 24.0 Å². The van der Waals surface area contributed by atoms with E-state index in [1.54, 1.807) is 4.90 Å². The Bertz CT molecular complexity index is 519. The van der Waals surface area contributed by atoms with Crippen molar-refractivity contribution < 1.29 is 9.59 Å². The van der Waals surface area contributed by atoms with Gasteiger partial charge in [-0.15, -0.1) is 0 Å². The van der Waals surface area contributed by atoms with Crippen LogP contribution in [0.3, 0.4) is 0 Å². The lowest BCUT2D eigenvalue weighted by atomic mass is 10.1. The number of unbranched alkanes of at least 4 members (excludes halogenated alkanes) is 1. The van der Waals surface area contributed by atoms with Crippen molar-refractivity contribution in [1.82, 2.24) is 15.5 Å². The van der Waals surface area contributed by atoms with Gasteiger partial charge in [0, 0.05) is 25.6 Å². The standard InChI is InChI=1S/C20H33N3O2/c1-5-7-14-21-20(25)23(16(3)6-2)15-13-19(24)22-17(4)18-11-9-8-10-12-18/h8-12,16-17H,5-7,13-15H2,1-4H3,(H,21,25)(H,22,24)/t16-,17-/m0/s1. The molecule has 2 atom stereocenters. The molecule has 25 heavy (non-hydrogen) atoms. The number of carbonyl (C=O) groups excluding carboxylic acids is 2. The summed E-state index contributed by atoms with van der Waals surface area (Å²) < 4.78 is 0. The van der Waals surface area contributed by atoms with Gasteiger partial charge in [0.25, 0.3) is 0 Å². The summed E-state index contributed by atoms with van der Waals surface area (Å²) in [5, 5.41) is 5.95. The molecule has 0 aliphatic heterocycles. The summed E-state index contributed by atoms with van der Waals surface area (Å²) in [6, 6.07) is 9.87. The third kappa shape index (κ3) is 7.59. The van der Waals surface area contributed by atoms with E-state index in [2.05, 4.69) is 24.5 Å². The van der Waals surface area contributed by atoms with Crippen LogP contribution in [0, 0.1) is 0 Å². The zero-order valence-electron chi connectivity index (χ0n) is 16.0. The lowest BCUT2D eigenvalue weighted by molar-refractivity contribution is -0.122. The van der Waals surface area contributed by atoms with E-state index in [9.17, 15) is 9.59 Å². The molecular formula is C20H33N3O2. The zero-order chi connectivity index (χ0) is 18.7. The van der Waals surface area contributed by atoms with Crippen LogP contribution in [0.4, 0.5) is 4.79 Å². The van der Waals surface area contributed by atoms with Gasteiger partial charge in [-0.25, -0.2) is 4.79 Å². The van der Waals surface area contributed by atoms with E-state index in [0.717, 1.165) is 24.8 Å². The van der Waals surface area contributed by atoms with E-state index in [1.165, 1.54) is 0 Å². The SMILES string of the molecule is CCCCNC(=O)N(CCC(=O)N[C@@H](C)c1ccccc1)[C@@H](C)CC. The molecule has 0 fully saturated rings. The molecule has 0 spiro atoms. The zero-order valence-corrected chi connectivity index (χ0v) is 16.0. The summed E-state index contributed by atoms with van der Waals surface area (Å²) in [7, 11) is 0. The molecule has 140 valence electrons. The lowest BCUT2D eigenvalue weighted by Gasteiger charge is -2.29. The minimum atomic E-state index is -0.0771. The van der Waals surface area contributed by atoms with Crippen molar-refractivity contribution in [2.24, 2.45) is 0 Å². The van der Waals surface area contributed by atoms with Crippen LogP contribution in [0.5, 0.6) is 0 Å². The highest BCUT2D eigenvalue weighted by Crippen LogP contribution is 2.12. The first-order chi connectivity index (χ1) is 12.0. The Labute approximate surface area is 152 Å². The van der Waals surface area contributed by atoms with Gasteiger partial charge < -0.3 is 15.5 Å². The number of benzene rings is 1. The number of carbonyl (C=O) groups is 2. The van der Waals surface area contributed by atoms with E-state index in [1.807, 2.05) is 44.2 Å². The van der Waals surface area contributed by atoms with Gasteiger partial charge in [0.05, 0.1) is 6.04 Å². The third-order valence-electron chi connectivity index (χ3n) is 4.45. The molecule has 0 radical (unpaired) electrons. The van der Waals surface area contributed by atoms with Crippen LogP contribution < -0.4 is 10.6 Å². The first-order valence-electron chi connectivity index (χ1n) is 9.38. The predicted octanol–water partition coefficient (Wildman–Crippen LogP) is 3.86. The van der Waals surface area contributed by atoms with Crippen LogP contribution >= 0.6 is 0 Å². The number of hydrogen-bond acceptors (Lipinski definition) is 2. The Morgan fingerprint density at radius 3 is 2.40 bits per heavy atom. The number of hydrogen-bond donors (Lipinski definition) is 2. The molecule has 1 aromatic carbocycles. The van der Waals surface area contributed by atoms with Crippen molar-refractivity contribution in [3.63, 3.8) is 0 Å². The summed E-state index contributed by atoms with van der Waals surface area (Å²) in [4.78, 5) is 26.4. The molecule has 0 saturated carbocycles. The smallest absolute Gasteiger partial charge is 0.317 e. The molecule has 0 saturated heterocycles. The topological polar surface area (TPSA) is 61.4 Å². The minimum absolute atomic E-state index is 0.0361. The van der Waals surface area contributed by atoms with Crippen LogP contribution in [0.25, 0.3) is 0 Å². The molecule has 0 aliphatic rings. The van der Waals surface area contributed by atoms with Gasteiger partial charge in [-0.1, -0.05) is 50.6 Å². The first-order valence-corrected chi connectivity index (χ1v) is 9.38. The van der Waals surface area contributed by atoms with E-state index >= 15 is 0 Å². The van der Waals surface area contributed by atoms with Gasteiger partial charge in [0.15, 0.2) is 0 Å². The van der Waals surface area contributed by atoms with Crippen LogP contribution in [0.1, 0.15) is 65.0 Å². The third-order valence-corrected chi connectivity index (χ3v) is 4.45. The molecule has 0 unspecified atom stereocenters. The summed E-state index contributed by atoms with van der Waals surface area (Å²) >= 11 is 0. The molecule has 0 aromatic heterocycles. The summed E-state index contributed by atoms with van der Waals surface area (Å²) in [5.41, 5.74) is 1.08. The van der Waals surface area contributed by atoms with Crippen molar-refractivity contribution >= 4 is 11.9 Å². The van der Waals surface area contributed by atoms with Crippen molar-refractivity contribution in [1.29, 1.82) is 0 Å². The Kier molecular flexibility index (Phi) is 9.66. The minimum Gasteiger partial charge on any atom is -0.350 e. The number of rotatable bonds is 10. The molecule has 1 rings (SSSR count). The average molecular weight is 348 g/mol. The van der Waals surface area contributed by atoms with E-state index < -0.39 is 0 Å². The second-order valence-electron chi connectivity index (χ2n) is 6.49. The monoisotopic (exact) mass is 347 g/mol. The van der Waals surface area contributed by atoms with Crippen LogP contribution in [-0.2, 0) is 4.79 Å². The molecule has 1 aromatic rings. The van der Waals surface area contributed by atoms with Crippen LogP contribution in [0.15, 0.2) is 30.3 Å². The Balaban J connectivity index is 2.51. The number of urea groups is 1. The highest BCUT2D eigenvalue weighted by molar-refractivity contribution is 5.78. The van der Waals surface area contributed by atoms with Crippen LogP contribution in [0.2, 0.25) is 0 Å². The van der Waals surface area contributed by atoms with Crippen molar-refractivity contribution in [3.05, 3.63) is 35.9 Å². The van der Waals surface area contributed by atoms with E-state index in [4.69, 9.17) is 0 Å². The number of nitrogens with zero attached hydrogens (tertiary/aromatic N) is 1. The molecule has 5 heteroatoms. The van der Waals surface area contributed by atoms with Gasteiger partial charge in [0.2, 0.25) is 5.91 Å². The highest BCUT2D eigenvalue weighted by Gasteiger charge is 2.20. The lowest BCUT2D eigenvalue weighted by Crippen LogP contribution is -2.46. The Hall–Kier alpha value is -2.04. The molecule has 5 nitrogen and oxygen atoms in total. The van der Waals surface area contributed by atoms with Crippen molar-refractivity contribution in [3.8, 4) is 0 Å². The second-order valence-corrected chi connectivity index (χ2v) is 6.49. The fourth-order valence-electron chi connectivity index (χ4n) is 2.58. The van der Waals surface area contributed by atoms with Gasteiger partial charge in [-0.3, -0.25) is 4.79 Å². The van der Waals surface area contributed by atoms with Crippen molar-refractivity contribution in [2.45, 2.75) is 65.5 Å². The maximum Gasteiger partial charge on any atom is 0.317 e. The van der Waals surface area contributed by atoms with Gasteiger partial charge in [-0.05, 0) is 32.3 Å². The fraction of sp³-hybridized carbons (Fsp3) is 0.600. The maximum absolute atomic E-state index is 12.4. The second kappa shape index (κ2) is 11.5. The number of amides is 3. The molecule has 2 N–H and O–H groups in total. The van der Waals surface area contributed by atoms with Gasteiger partial charge >= 0.3 is 6.03 Å². The summed E-state index contributed by atoms with van der Waals surface area (Å²) in [6.45, 7) is 9.24. The molecular weight excluding hydrogens is 314 g/mol. The average Bonchev–Trinajstić information content (AvgIpc) is 2.62. The molecule has 0 heterocycles. The normalized spacial score (nSPS) is 13.0. The number of nitrogens with one attached hydrogen (secondary N) is 2. The Morgan fingerprint density at radius 1 is 1.12 bits per heavy atom. The molecule has 0 bridgehead atoms. The van der Waals surface area contributed by atoms with Crippen molar-refractivity contribution in [2.75, 3.05) is 13.1 Å². The predicted molar refractivity (Wildman–Crippen MR) is 102 cm³/mol. The Morgan fingerprint density at radius 2 is 1.80 bits per heavy atom. The highest BCUT2D eigenvalue weighted by atomic mass is 16.2. The van der Waals surface area contributed by atoms with Gasteiger partial charge in [-0.2, -0.15) is 0 Å². The van der Waals surface area contributed by atoms with E-state index in [0.29, 0.717) is 19.5 Å². The molecule has 3 amide bonds. The first kappa shape index (κ1) is 21.0. The summed E-state index contributed by atoms with van der Waals surface area (Å²) in [5.74, 6) is -0.0361. The molecule has 0 aliphatic carbocycles. The van der Waals surface area contributed by atoms with Gasteiger partial charge in [0.1, 0.15) is 0 Å². The largest absolute Gasteiger partial charge is 0.350 e. The quantitative estimate of drug-likeness (QED) is 0.631. The fourth-order valence-corrected chi connectivity index (χ4v) is 2.58.